The van der Waals surface area contributed by atoms with E-state index in [9.17, 15) is 4.79 Å². The second kappa shape index (κ2) is 6.08. The van der Waals surface area contributed by atoms with Crippen LogP contribution < -0.4 is 16.2 Å². The van der Waals surface area contributed by atoms with Crippen LogP contribution in [0, 0.1) is 0 Å². The van der Waals surface area contributed by atoms with E-state index in [2.05, 4.69) is 0 Å². The number of rotatable bonds is 5. The number of ether oxygens (including phenoxy) is 1. The summed E-state index contributed by atoms with van der Waals surface area (Å²) in [5, 5.41) is 8.85. The average Bonchev–Trinajstić information content (AvgIpc) is 2.43. The molecule has 0 aromatic heterocycles. The quantitative estimate of drug-likeness (QED) is 0.721. The Morgan fingerprint density at radius 1 is 1.15 bits per heavy atom. The first-order valence-electron chi connectivity index (χ1n) is 6.17. The van der Waals surface area contributed by atoms with Gasteiger partial charge in [0.1, 0.15) is 5.75 Å². The molecule has 2 rings (SSSR count). The number of carbonyl (C=O) groups excluding carboxylic acids is 1. The Hall–Kier alpha value is -2.53. The molecule has 5 heteroatoms. The van der Waals surface area contributed by atoms with Crippen molar-refractivity contribution in [3.8, 4) is 11.5 Å². The first-order valence-corrected chi connectivity index (χ1v) is 6.17. The second-order valence-corrected chi connectivity index (χ2v) is 4.34. The molecule has 0 unspecified atom stereocenters. The lowest BCUT2D eigenvalue weighted by atomic mass is 10.1. The third-order valence-electron chi connectivity index (χ3n) is 2.85. The first-order chi connectivity index (χ1) is 9.60. The summed E-state index contributed by atoms with van der Waals surface area (Å²) in [6.45, 7) is 0.105. The summed E-state index contributed by atoms with van der Waals surface area (Å²) in [4.78, 5) is 11.1. The molecule has 0 atom stereocenters. The van der Waals surface area contributed by atoms with Crippen molar-refractivity contribution >= 4 is 11.6 Å². The number of primary amides is 1. The SMILES string of the molecule is NC(=O)c1ccc(N)c(Oc2ccc(CCO)cc2)c1. The standard InChI is InChI=1S/C15H16N2O3/c16-13-6-3-11(15(17)19)9-14(13)20-12-4-1-10(2-5-12)7-8-18/h1-6,9,18H,7-8,16H2,(H2,17,19). The Kier molecular flexibility index (Phi) is 4.22. The van der Waals surface area contributed by atoms with Crippen LogP contribution in [0.4, 0.5) is 5.69 Å². The zero-order chi connectivity index (χ0) is 14.5. The minimum Gasteiger partial charge on any atom is -0.455 e. The van der Waals surface area contributed by atoms with Crippen LogP contribution in [0.2, 0.25) is 0 Å². The van der Waals surface area contributed by atoms with Gasteiger partial charge in [0.15, 0.2) is 5.75 Å². The van der Waals surface area contributed by atoms with Crippen molar-refractivity contribution in [3.05, 3.63) is 53.6 Å². The van der Waals surface area contributed by atoms with Gasteiger partial charge in [-0.3, -0.25) is 4.79 Å². The molecule has 0 bridgehead atoms. The molecule has 0 saturated carbocycles. The maximum atomic E-state index is 11.1. The highest BCUT2D eigenvalue weighted by atomic mass is 16.5. The molecular weight excluding hydrogens is 256 g/mol. The molecule has 0 saturated heterocycles. The van der Waals surface area contributed by atoms with E-state index < -0.39 is 5.91 Å². The Morgan fingerprint density at radius 2 is 1.85 bits per heavy atom. The highest BCUT2D eigenvalue weighted by molar-refractivity contribution is 5.93. The zero-order valence-corrected chi connectivity index (χ0v) is 10.9. The van der Waals surface area contributed by atoms with Crippen molar-refractivity contribution in [2.24, 2.45) is 5.73 Å². The molecule has 0 radical (unpaired) electrons. The zero-order valence-electron chi connectivity index (χ0n) is 10.9. The summed E-state index contributed by atoms with van der Waals surface area (Å²) in [6.07, 6.45) is 0.597. The number of aliphatic hydroxyl groups excluding tert-OH is 1. The predicted octanol–water partition coefficient (Wildman–Crippen LogP) is 1.69. The molecule has 0 heterocycles. The maximum absolute atomic E-state index is 11.1. The number of hydrogen-bond acceptors (Lipinski definition) is 4. The van der Waals surface area contributed by atoms with Gasteiger partial charge in [0.25, 0.3) is 0 Å². The van der Waals surface area contributed by atoms with Crippen molar-refractivity contribution in [1.29, 1.82) is 0 Å². The lowest BCUT2D eigenvalue weighted by Crippen LogP contribution is -2.11. The topological polar surface area (TPSA) is 98.6 Å². The molecule has 0 aliphatic carbocycles. The smallest absolute Gasteiger partial charge is 0.248 e. The van der Waals surface area contributed by atoms with Crippen molar-refractivity contribution < 1.29 is 14.6 Å². The largest absolute Gasteiger partial charge is 0.455 e. The molecule has 2 aromatic rings. The number of carbonyl (C=O) groups is 1. The molecule has 20 heavy (non-hydrogen) atoms. The van der Waals surface area contributed by atoms with Gasteiger partial charge in [0.2, 0.25) is 5.91 Å². The van der Waals surface area contributed by atoms with Crippen LogP contribution in [-0.2, 0) is 6.42 Å². The highest BCUT2D eigenvalue weighted by Gasteiger charge is 2.07. The molecule has 1 amide bonds. The molecule has 104 valence electrons. The minimum absolute atomic E-state index is 0.105. The number of amides is 1. The summed E-state index contributed by atoms with van der Waals surface area (Å²) in [7, 11) is 0. The van der Waals surface area contributed by atoms with Crippen LogP contribution >= 0.6 is 0 Å². The summed E-state index contributed by atoms with van der Waals surface area (Å²) in [5.74, 6) is 0.448. The van der Waals surface area contributed by atoms with E-state index in [0.717, 1.165) is 5.56 Å². The van der Waals surface area contributed by atoms with E-state index in [0.29, 0.717) is 29.2 Å². The van der Waals surface area contributed by atoms with E-state index in [1.54, 1.807) is 24.3 Å². The van der Waals surface area contributed by atoms with Crippen LogP contribution in [0.3, 0.4) is 0 Å². The van der Waals surface area contributed by atoms with Crippen molar-refractivity contribution in [2.75, 3.05) is 12.3 Å². The van der Waals surface area contributed by atoms with Crippen molar-refractivity contribution in [1.82, 2.24) is 0 Å². The van der Waals surface area contributed by atoms with Gasteiger partial charge in [-0.2, -0.15) is 0 Å². The van der Waals surface area contributed by atoms with Crippen LogP contribution in [0.15, 0.2) is 42.5 Å². The van der Waals surface area contributed by atoms with Crippen LogP contribution in [0.25, 0.3) is 0 Å². The fourth-order valence-corrected chi connectivity index (χ4v) is 1.76. The van der Waals surface area contributed by atoms with Crippen LogP contribution in [0.1, 0.15) is 15.9 Å². The van der Waals surface area contributed by atoms with E-state index in [-0.39, 0.29) is 6.61 Å². The van der Waals surface area contributed by atoms with Crippen molar-refractivity contribution in [2.45, 2.75) is 6.42 Å². The lowest BCUT2D eigenvalue weighted by molar-refractivity contribution is 0.1000. The van der Waals surface area contributed by atoms with Gasteiger partial charge in [0, 0.05) is 12.2 Å². The fraction of sp³-hybridized carbons (Fsp3) is 0.133. The van der Waals surface area contributed by atoms with Gasteiger partial charge in [-0.15, -0.1) is 0 Å². The van der Waals surface area contributed by atoms with Gasteiger partial charge in [-0.05, 0) is 42.3 Å². The Balaban J connectivity index is 2.20. The number of aliphatic hydroxyl groups is 1. The molecule has 5 N–H and O–H groups in total. The Bertz CT molecular complexity index is 609. The molecule has 5 nitrogen and oxygen atoms in total. The second-order valence-electron chi connectivity index (χ2n) is 4.34. The number of anilines is 1. The van der Waals surface area contributed by atoms with Gasteiger partial charge in [-0.1, -0.05) is 12.1 Å². The van der Waals surface area contributed by atoms with E-state index in [1.807, 2.05) is 12.1 Å². The van der Waals surface area contributed by atoms with E-state index in [4.69, 9.17) is 21.3 Å². The van der Waals surface area contributed by atoms with Crippen LogP contribution in [-0.4, -0.2) is 17.6 Å². The number of hydrogen-bond donors (Lipinski definition) is 3. The van der Waals surface area contributed by atoms with Gasteiger partial charge in [-0.25, -0.2) is 0 Å². The van der Waals surface area contributed by atoms with Crippen molar-refractivity contribution in [3.63, 3.8) is 0 Å². The molecular formula is C15H16N2O3. The molecule has 0 spiro atoms. The molecule has 0 aliphatic rings. The number of nitrogens with two attached hydrogens (primary N) is 2. The van der Waals surface area contributed by atoms with Gasteiger partial charge < -0.3 is 21.3 Å². The lowest BCUT2D eigenvalue weighted by Gasteiger charge is -2.10. The molecule has 2 aromatic carbocycles. The minimum atomic E-state index is -0.534. The summed E-state index contributed by atoms with van der Waals surface area (Å²) < 4.78 is 5.64. The number of benzene rings is 2. The molecule has 0 fully saturated rings. The summed E-state index contributed by atoms with van der Waals surface area (Å²) >= 11 is 0. The predicted molar refractivity (Wildman–Crippen MR) is 76.7 cm³/mol. The van der Waals surface area contributed by atoms with Crippen LogP contribution in [0.5, 0.6) is 11.5 Å². The monoisotopic (exact) mass is 272 g/mol. The molecule has 0 aliphatic heterocycles. The van der Waals surface area contributed by atoms with Gasteiger partial charge >= 0.3 is 0 Å². The Labute approximate surface area is 116 Å². The van der Waals surface area contributed by atoms with E-state index >= 15 is 0 Å². The highest BCUT2D eigenvalue weighted by Crippen LogP contribution is 2.28. The van der Waals surface area contributed by atoms with E-state index in [1.165, 1.54) is 6.07 Å². The third-order valence-corrected chi connectivity index (χ3v) is 2.85. The normalized spacial score (nSPS) is 10.2. The average molecular weight is 272 g/mol. The maximum Gasteiger partial charge on any atom is 0.248 e. The Morgan fingerprint density at radius 3 is 2.45 bits per heavy atom. The third kappa shape index (κ3) is 3.27. The fourth-order valence-electron chi connectivity index (χ4n) is 1.76. The van der Waals surface area contributed by atoms with Gasteiger partial charge in [0.05, 0.1) is 5.69 Å². The first kappa shape index (κ1) is 13.9. The number of nitrogen functional groups attached to an aromatic ring is 1. The summed E-state index contributed by atoms with van der Waals surface area (Å²) in [6, 6.07) is 11.9. The summed E-state index contributed by atoms with van der Waals surface area (Å²) in [5.41, 5.74) is 12.8.